The van der Waals surface area contributed by atoms with Crippen LogP contribution in [0, 0.1) is 0 Å². The zero-order chi connectivity index (χ0) is 16.5. The normalized spacial score (nSPS) is 16.9. The number of anilines is 1. The number of nitrogens with zero attached hydrogens (tertiary/aromatic N) is 2. The molecule has 0 spiro atoms. The van der Waals surface area contributed by atoms with E-state index in [0.717, 1.165) is 41.8 Å². The molecular weight excluding hydrogens is 316 g/mol. The molecule has 2 aromatic heterocycles. The van der Waals surface area contributed by atoms with Gasteiger partial charge in [0.15, 0.2) is 0 Å². The quantitative estimate of drug-likeness (QED) is 0.750. The number of piperidine rings is 1. The van der Waals surface area contributed by atoms with E-state index in [1.54, 1.807) is 11.3 Å². The molecule has 1 aromatic carbocycles. The Bertz CT molecular complexity index is 827. The maximum absolute atomic E-state index is 6.13. The molecule has 0 bridgehead atoms. The summed E-state index contributed by atoms with van der Waals surface area (Å²) in [4.78, 5) is 10.6. The molecule has 0 aliphatic carbocycles. The van der Waals surface area contributed by atoms with Gasteiger partial charge in [-0.05, 0) is 49.9 Å². The minimum atomic E-state index is 0.649. The number of aromatic amines is 1. The summed E-state index contributed by atoms with van der Waals surface area (Å²) in [7, 11) is 0. The number of nitrogens with one attached hydrogen (secondary N) is 1. The summed E-state index contributed by atoms with van der Waals surface area (Å²) in [6.45, 7) is 5.25. The number of benzene rings is 1. The van der Waals surface area contributed by atoms with Gasteiger partial charge in [0.2, 0.25) is 0 Å². The third kappa shape index (κ3) is 2.94. The number of likely N-dealkylation sites (tertiary alicyclic amines) is 1. The van der Waals surface area contributed by atoms with Crippen LogP contribution in [-0.2, 0) is 13.0 Å². The first-order valence-electron chi connectivity index (χ1n) is 8.77. The van der Waals surface area contributed by atoms with E-state index in [9.17, 15) is 0 Å². The molecule has 0 radical (unpaired) electrons. The van der Waals surface area contributed by atoms with Crippen LogP contribution in [0.1, 0.15) is 41.9 Å². The van der Waals surface area contributed by atoms with E-state index >= 15 is 0 Å². The van der Waals surface area contributed by atoms with Gasteiger partial charge < -0.3 is 10.7 Å². The summed E-state index contributed by atoms with van der Waals surface area (Å²) in [5.41, 5.74) is 9.92. The topological polar surface area (TPSA) is 57.9 Å². The van der Waals surface area contributed by atoms with Gasteiger partial charge >= 0.3 is 0 Å². The fourth-order valence-electron chi connectivity index (χ4n) is 3.72. The minimum Gasteiger partial charge on any atom is -0.389 e. The monoisotopic (exact) mass is 340 g/mol. The molecule has 3 heterocycles. The van der Waals surface area contributed by atoms with Gasteiger partial charge in [0.25, 0.3) is 0 Å². The smallest absolute Gasteiger partial charge is 0.111 e. The van der Waals surface area contributed by atoms with Crippen molar-refractivity contribution >= 4 is 27.2 Å². The van der Waals surface area contributed by atoms with E-state index in [4.69, 9.17) is 5.73 Å². The van der Waals surface area contributed by atoms with Crippen LogP contribution in [0.4, 0.5) is 5.00 Å². The number of nitrogen functional groups attached to an aromatic ring is 1. The third-order valence-corrected chi connectivity index (χ3v) is 6.17. The summed E-state index contributed by atoms with van der Waals surface area (Å²) in [6, 6.07) is 8.61. The molecule has 5 heteroatoms. The first-order valence-corrected chi connectivity index (χ1v) is 9.58. The van der Waals surface area contributed by atoms with Crippen molar-refractivity contribution in [3.8, 4) is 0 Å². The largest absolute Gasteiger partial charge is 0.389 e. The fourth-order valence-corrected chi connectivity index (χ4v) is 4.51. The maximum atomic E-state index is 6.13. The van der Waals surface area contributed by atoms with Crippen LogP contribution in [0.2, 0.25) is 0 Å². The highest BCUT2D eigenvalue weighted by Crippen LogP contribution is 2.34. The van der Waals surface area contributed by atoms with Gasteiger partial charge in [-0.2, -0.15) is 0 Å². The highest BCUT2D eigenvalue weighted by atomic mass is 32.1. The molecule has 126 valence electrons. The lowest BCUT2D eigenvalue weighted by Gasteiger charge is -2.31. The number of hydrogen-bond acceptors (Lipinski definition) is 4. The van der Waals surface area contributed by atoms with Gasteiger partial charge in [-0.25, -0.2) is 4.98 Å². The summed E-state index contributed by atoms with van der Waals surface area (Å²) >= 11 is 1.64. The molecule has 24 heavy (non-hydrogen) atoms. The van der Waals surface area contributed by atoms with Crippen molar-refractivity contribution in [2.75, 3.05) is 18.8 Å². The van der Waals surface area contributed by atoms with Crippen molar-refractivity contribution in [1.82, 2.24) is 14.9 Å². The van der Waals surface area contributed by atoms with Crippen molar-refractivity contribution in [2.24, 2.45) is 0 Å². The van der Waals surface area contributed by atoms with Crippen LogP contribution >= 0.6 is 11.3 Å². The Labute approximate surface area is 146 Å². The lowest BCUT2D eigenvalue weighted by molar-refractivity contribution is 0.203. The van der Waals surface area contributed by atoms with Gasteiger partial charge in [-0.15, -0.1) is 11.3 Å². The molecule has 0 amide bonds. The van der Waals surface area contributed by atoms with Crippen molar-refractivity contribution < 1.29 is 0 Å². The molecule has 3 aromatic rings. The lowest BCUT2D eigenvalue weighted by Crippen LogP contribution is -2.32. The number of hydrogen-bond donors (Lipinski definition) is 2. The standard InChI is InChI=1S/C19H24N4S/c1-2-18-22-17(19(20)24-18)12-23-9-7-13(8-10-23)15-11-21-16-6-4-3-5-14(15)16/h3-6,11,13,21H,2,7-10,12,20H2,1H3. The van der Waals surface area contributed by atoms with E-state index in [0.29, 0.717) is 5.92 Å². The van der Waals surface area contributed by atoms with Crippen LogP contribution in [-0.4, -0.2) is 28.0 Å². The molecule has 1 aliphatic heterocycles. The Balaban J connectivity index is 1.42. The zero-order valence-electron chi connectivity index (χ0n) is 14.1. The molecule has 1 fully saturated rings. The highest BCUT2D eigenvalue weighted by Gasteiger charge is 2.23. The zero-order valence-corrected chi connectivity index (χ0v) is 14.9. The van der Waals surface area contributed by atoms with Crippen LogP contribution in [0.3, 0.4) is 0 Å². The second kappa shape index (κ2) is 6.57. The Kier molecular flexibility index (Phi) is 4.29. The third-order valence-electron chi connectivity index (χ3n) is 5.10. The molecule has 4 nitrogen and oxygen atoms in total. The van der Waals surface area contributed by atoms with Crippen molar-refractivity contribution in [3.63, 3.8) is 0 Å². The number of thiazole rings is 1. The maximum Gasteiger partial charge on any atom is 0.111 e. The van der Waals surface area contributed by atoms with Gasteiger partial charge in [-0.1, -0.05) is 25.1 Å². The summed E-state index contributed by atoms with van der Waals surface area (Å²) in [5.74, 6) is 0.649. The highest BCUT2D eigenvalue weighted by molar-refractivity contribution is 7.15. The van der Waals surface area contributed by atoms with Crippen LogP contribution < -0.4 is 5.73 Å². The predicted molar refractivity (Wildman–Crippen MR) is 101 cm³/mol. The number of rotatable bonds is 4. The number of aryl methyl sites for hydroxylation is 1. The first-order chi connectivity index (χ1) is 11.7. The number of H-pyrrole nitrogens is 1. The number of fused-ring (bicyclic) bond motifs is 1. The Morgan fingerprint density at radius 2 is 2.08 bits per heavy atom. The molecular formula is C19H24N4S. The van der Waals surface area contributed by atoms with Gasteiger partial charge in [0, 0.05) is 23.6 Å². The first kappa shape index (κ1) is 15.7. The second-order valence-corrected chi connectivity index (χ2v) is 7.73. The van der Waals surface area contributed by atoms with E-state index in [1.807, 2.05) is 0 Å². The molecule has 1 aliphatic rings. The van der Waals surface area contributed by atoms with E-state index in [2.05, 4.69) is 52.3 Å². The van der Waals surface area contributed by atoms with E-state index in [-0.39, 0.29) is 0 Å². The van der Waals surface area contributed by atoms with Crippen LogP contribution in [0.25, 0.3) is 10.9 Å². The molecule has 1 saturated heterocycles. The molecule has 0 atom stereocenters. The lowest BCUT2D eigenvalue weighted by atomic mass is 9.89. The molecule has 4 rings (SSSR count). The summed E-state index contributed by atoms with van der Waals surface area (Å²) in [6.07, 6.45) is 5.58. The van der Waals surface area contributed by atoms with Crippen molar-refractivity contribution in [3.05, 3.63) is 46.7 Å². The van der Waals surface area contributed by atoms with Gasteiger partial charge in [0.05, 0.1) is 10.7 Å². The fraction of sp³-hybridized carbons (Fsp3) is 0.421. The number of nitrogens with two attached hydrogens (primary N) is 1. The van der Waals surface area contributed by atoms with E-state index in [1.165, 1.54) is 29.3 Å². The average molecular weight is 340 g/mol. The average Bonchev–Trinajstić information content (AvgIpc) is 3.19. The summed E-state index contributed by atoms with van der Waals surface area (Å²) < 4.78 is 0. The SMILES string of the molecule is CCc1nc(CN2CCC(c3c[nH]c4ccccc34)CC2)c(N)s1. The molecule has 3 N–H and O–H groups in total. The van der Waals surface area contributed by atoms with Crippen LogP contribution in [0.5, 0.6) is 0 Å². The van der Waals surface area contributed by atoms with Crippen molar-refractivity contribution in [1.29, 1.82) is 0 Å². The Hall–Kier alpha value is -1.85. The minimum absolute atomic E-state index is 0.649. The Morgan fingerprint density at radius 3 is 2.83 bits per heavy atom. The van der Waals surface area contributed by atoms with Crippen LogP contribution in [0.15, 0.2) is 30.5 Å². The van der Waals surface area contributed by atoms with Gasteiger partial charge in [-0.3, -0.25) is 4.90 Å². The Morgan fingerprint density at radius 1 is 1.29 bits per heavy atom. The summed E-state index contributed by atoms with van der Waals surface area (Å²) in [5, 5.41) is 3.43. The predicted octanol–water partition coefficient (Wildman–Crippen LogP) is 4.15. The molecule has 0 saturated carbocycles. The molecule has 0 unspecified atom stereocenters. The van der Waals surface area contributed by atoms with E-state index < -0.39 is 0 Å². The second-order valence-electron chi connectivity index (χ2n) is 6.61. The van der Waals surface area contributed by atoms with Gasteiger partial charge in [0.1, 0.15) is 5.00 Å². The number of aromatic nitrogens is 2. The van der Waals surface area contributed by atoms with Crippen molar-refractivity contribution in [2.45, 2.75) is 38.6 Å². The number of para-hydroxylation sites is 1.